The van der Waals surface area contributed by atoms with Gasteiger partial charge in [0.05, 0.1) is 4.92 Å². The molecule has 4 nitrogen and oxygen atoms in total. The average molecular weight is 327 g/mol. The molecule has 2 aromatic rings. The lowest BCUT2D eigenvalue weighted by Crippen LogP contribution is -2.16. The lowest BCUT2D eigenvalue weighted by atomic mass is 10.1. The maximum absolute atomic E-state index is 10.5. The fourth-order valence-electron chi connectivity index (χ4n) is 1.85. The highest BCUT2D eigenvalue weighted by molar-refractivity contribution is 6.30. The Morgan fingerprint density at radius 3 is 2.14 bits per heavy atom. The van der Waals surface area contributed by atoms with E-state index in [1.54, 1.807) is 12.1 Å². The van der Waals surface area contributed by atoms with E-state index in [-0.39, 0.29) is 23.0 Å². The average Bonchev–Trinajstić information content (AvgIpc) is 2.46. The summed E-state index contributed by atoms with van der Waals surface area (Å²) in [6.45, 7) is 1.60. The molecule has 0 radical (unpaired) electrons. The van der Waals surface area contributed by atoms with Crippen LogP contribution in [0.25, 0.3) is 0 Å². The van der Waals surface area contributed by atoms with Gasteiger partial charge in [0.15, 0.2) is 0 Å². The Hall–Kier alpha value is -1.62. The molecule has 0 amide bonds. The molecule has 0 aliphatic carbocycles. The van der Waals surface area contributed by atoms with Crippen molar-refractivity contribution in [2.45, 2.75) is 13.0 Å². The monoisotopic (exact) mass is 326 g/mol. The molecule has 21 heavy (non-hydrogen) atoms. The van der Waals surface area contributed by atoms with Gasteiger partial charge in [-0.2, -0.15) is 0 Å². The highest BCUT2D eigenvalue weighted by Gasteiger charge is 2.03. The Morgan fingerprint density at radius 1 is 1.00 bits per heavy atom. The molecule has 0 saturated carbocycles. The topological polar surface area (TPSA) is 55.2 Å². The number of halogens is 2. The zero-order valence-electron chi connectivity index (χ0n) is 11.3. The van der Waals surface area contributed by atoms with Crippen molar-refractivity contribution in [3.63, 3.8) is 0 Å². The summed E-state index contributed by atoms with van der Waals surface area (Å²) >= 11 is 5.82. The zero-order chi connectivity index (χ0) is 14.4. The molecule has 0 atom stereocenters. The molecule has 0 fully saturated rings. The van der Waals surface area contributed by atoms with E-state index in [1.807, 2.05) is 24.3 Å². The third kappa shape index (κ3) is 5.71. The van der Waals surface area contributed by atoms with Crippen LogP contribution in [0.3, 0.4) is 0 Å². The van der Waals surface area contributed by atoms with Crippen LogP contribution in [-0.4, -0.2) is 11.5 Å². The Bertz CT molecular complexity index is 571. The van der Waals surface area contributed by atoms with Crippen molar-refractivity contribution in [1.82, 2.24) is 5.32 Å². The van der Waals surface area contributed by atoms with Crippen LogP contribution in [0.2, 0.25) is 5.02 Å². The minimum absolute atomic E-state index is 0. The lowest BCUT2D eigenvalue weighted by molar-refractivity contribution is -0.384. The molecule has 0 aliphatic rings. The van der Waals surface area contributed by atoms with Crippen LogP contribution in [0, 0.1) is 10.1 Å². The van der Waals surface area contributed by atoms with Gasteiger partial charge in [-0.25, -0.2) is 0 Å². The van der Waals surface area contributed by atoms with Crippen LogP contribution >= 0.6 is 24.0 Å². The van der Waals surface area contributed by atoms with Gasteiger partial charge in [-0.1, -0.05) is 35.9 Å². The molecule has 112 valence electrons. The number of nitrogens with one attached hydrogen (secondary N) is 1. The molecule has 0 unspecified atom stereocenters. The van der Waals surface area contributed by atoms with E-state index in [2.05, 4.69) is 5.32 Å². The van der Waals surface area contributed by atoms with Crippen molar-refractivity contribution in [2.75, 3.05) is 6.54 Å². The van der Waals surface area contributed by atoms with Crippen molar-refractivity contribution in [3.8, 4) is 0 Å². The van der Waals surface area contributed by atoms with Crippen molar-refractivity contribution in [1.29, 1.82) is 0 Å². The highest BCUT2D eigenvalue weighted by atomic mass is 35.5. The molecule has 0 bridgehead atoms. The second-order valence-electron chi connectivity index (χ2n) is 4.48. The van der Waals surface area contributed by atoms with E-state index in [0.717, 1.165) is 30.1 Å². The third-order valence-electron chi connectivity index (χ3n) is 2.98. The standard InChI is InChI=1S/C15H15ClN2O2.ClH/c16-14-5-1-13(2-6-14)11-17-10-9-12-3-7-15(8-4-12)18(19)20;/h1-8,17H,9-11H2;1H. The van der Waals surface area contributed by atoms with E-state index in [1.165, 1.54) is 17.7 Å². The van der Waals surface area contributed by atoms with Gasteiger partial charge in [0.2, 0.25) is 0 Å². The molecule has 0 saturated heterocycles. The number of rotatable bonds is 6. The predicted molar refractivity (Wildman–Crippen MR) is 87.2 cm³/mol. The van der Waals surface area contributed by atoms with Crippen LogP contribution in [0.15, 0.2) is 48.5 Å². The van der Waals surface area contributed by atoms with Gasteiger partial charge in [0.1, 0.15) is 0 Å². The Labute approximate surface area is 134 Å². The molecule has 1 N–H and O–H groups in total. The first kappa shape index (κ1) is 17.4. The van der Waals surface area contributed by atoms with E-state index < -0.39 is 0 Å². The highest BCUT2D eigenvalue weighted by Crippen LogP contribution is 2.12. The molecule has 0 aromatic heterocycles. The first-order valence-corrected chi connectivity index (χ1v) is 6.71. The summed E-state index contributed by atoms with van der Waals surface area (Å²) < 4.78 is 0. The summed E-state index contributed by atoms with van der Waals surface area (Å²) in [5, 5.41) is 14.6. The summed E-state index contributed by atoms with van der Waals surface area (Å²) in [5.41, 5.74) is 2.39. The van der Waals surface area contributed by atoms with Crippen molar-refractivity contribution >= 4 is 29.7 Å². The van der Waals surface area contributed by atoms with Crippen molar-refractivity contribution in [3.05, 3.63) is 74.8 Å². The smallest absolute Gasteiger partial charge is 0.269 e. The molecule has 0 spiro atoms. The van der Waals surface area contributed by atoms with E-state index in [0.29, 0.717) is 0 Å². The van der Waals surface area contributed by atoms with E-state index in [9.17, 15) is 10.1 Å². The van der Waals surface area contributed by atoms with Crippen LogP contribution in [0.5, 0.6) is 0 Å². The van der Waals surface area contributed by atoms with E-state index >= 15 is 0 Å². The number of nitrogens with zero attached hydrogens (tertiary/aromatic N) is 1. The van der Waals surface area contributed by atoms with E-state index in [4.69, 9.17) is 11.6 Å². The fourth-order valence-corrected chi connectivity index (χ4v) is 1.98. The van der Waals surface area contributed by atoms with Gasteiger partial charge in [-0.15, -0.1) is 12.4 Å². The Balaban J connectivity index is 0.00000220. The summed E-state index contributed by atoms with van der Waals surface area (Å²) in [4.78, 5) is 10.2. The lowest BCUT2D eigenvalue weighted by Gasteiger charge is -2.05. The summed E-state index contributed by atoms with van der Waals surface area (Å²) in [7, 11) is 0. The SMILES string of the molecule is Cl.O=[N+]([O-])c1ccc(CCNCc2ccc(Cl)cc2)cc1. The molecular formula is C15H16Cl2N2O2. The van der Waals surface area contributed by atoms with Crippen LogP contribution in [0.4, 0.5) is 5.69 Å². The quantitative estimate of drug-likeness (QED) is 0.496. The first-order chi connectivity index (χ1) is 9.65. The number of nitro groups is 1. The minimum Gasteiger partial charge on any atom is -0.312 e. The summed E-state index contributed by atoms with van der Waals surface area (Å²) in [6.07, 6.45) is 0.839. The van der Waals surface area contributed by atoms with Gasteiger partial charge < -0.3 is 5.32 Å². The van der Waals surface area contributed by atoms with Gasteiger partial charge in [0, 0.05) is 23.7 Å². The summed E-state index contributed by atoms with van der Waals surface area (Å²) in [5.74, 6) is 0. The third-order valence-corrected chi connectivity index (χ3v) is 3.23. The van der Waals surface area contributed by atoms with Crippen molar-refractivity contribution in [2.24, 2.45) is 0 Å². The fraction of sp³-hybridized carbons (Fsp3) is 0.200. The number of benzene rings is 2. The molecular weight excluding hydrogens is 311 g/mol. The second kappa shape index (κ2) is 8.62. The van der Waals surface area contributed by atoms with Gasteiger partial charge >= 0.3 is 0 Å². The Kier molecular flexibility index (Phi) is 7.15. The first-order valence-electron chi connectivity index (χ1n) is 6.33. The Morgan fingerprint density at radius 2 is 1.57 bits per heavy atom. The van der Waals surface area contributed by atoms with Crippen LogP contribution < -0.4 is 5.32 Å². The molecule has 6 heteroatoms. The maximum Gasteiger partial charge on any atom is 0.269 e. The number of hydrogen-bond acceptors (Lipinski definition) is 3. The van der Waals surface area contributed by atoms with Gasteiger partial charge in [-0.3, -0.25) is 10.1 Å². The molecule has 2 aromatic carbocycles. The predicted octanol–water partition coefficient (Wildman–Crippen LogP) is 4.00. The molecule has 0 aliphatic heterocycles. The maximum atomic E-state index is 10.5. The van der Waals surface area contributed by atoms with Crippen LogP contribution in [-0.2, 0) is 13.0 Å². The second-order valence-corrected chi connectivity index (χ2v) is 4.91. The number of nitro benzene ring substituents is 1. The summed E-state index contributed by atoms with van der Waals surface area (Å²) in [6, 6.07) is 14.4. The van der Waals surface area contributed by atoms with Crippen molar-refractivity contribution < 1.29 is 4.92 Å². The number of hydrogen-bond donors (Lipinski definition) is 1. The molecule has 0 heterocycles. The minimum atomic E-state index is -0.386. The molecule has 2 rings (SSSR count). The van der Waals surface area contributed by atoms with Crippen LogP contribution in [0.1, 0.15) is 11.1 Å². The van der Waals surface area contributed by atoms with Gasteiger partial charge in [0.25, 0.3) is 5.69 Å². The normalized spacial score (nSPS) is 9.95. The zero-order valence-corrected chi connectivity index (χ0v) is 12.9. The van der Waals surface area contributed by atoms with Gasteiger partial charge in [-0.05, 0) is 36.2 Å². The largest absolute Gasteiger partial charge is 0.312 e. The number of non-ortho nitro benzene ring substituents is 1.